The Morgan fingerprint density at radius 3 is 2.81 bits per heavy atom. The Balaban J connectivity index is 1.96. The van der Waals surface area contributed by atoms with E-state index in [1.165, 1.54) is 12.1 Å². The Hall–Kier alpha value is -2.10. The van der Waals surface area contributed by atoms with Crippen LogP contribution in [-0.4, -0.2) is 5.11 Å². The molecule has 0 aliphatic heterocycles. The lowest BCUT2D eigenvalue weighted by atomic mass is 9.87. The van der Waals surface area contributed by atoms with Crippen LogP contribution in [0.15, 0.2) is 30.3 Å². The second-order valence-corrected chi connectivity index (χ2v) is 5.53. The molecule has 0 amide bonds. The van der Waals surface area contributed by atoms with Gasteiger partial charge in [-0.2, -0.15) is 0 Å². The zero-order valence-electron chi connectivity index (χ0n) is 11.8. The van der Waals surface area contributed by atoms with Gasteiger partial charge in [-0.05, 0) is 61.1 Å². The van der Waals surface area contributed by atoms with E-state index in [2.05, 4.69) is 5.32 Å². The number of benzene rings is 2. The van der Waals surface area contributed by atoms with Crippen molar-refractivity contribution in [3.63, 3.8) is 0 Å². The minimum absolute atomic E-state index is 0.0686. The molecule has 0 saturated carbocycles. The molecule has 21 heavy (non-hydrogen) atoms. The second kappa shape index (κ2) is 5.35. The van der Waals surface area contributed by atoms with Gasteiger partial charge in [0.15, 0.2) is 5.82 Å². The second-order valence-electron chi connectivity index (χ2n) is 5.53. The smallest absolute Gasteiger partial charge is 0.152 e. The molecule has 2 aromatic rings. The van der Waals surface area contributed by atoms with E-state index in [1.807, 2.05) is 6.07 Å². The van der Waals surface area contributed by atoms with Crippen LogP contribution in [0.2, 0.25) is 0 Å². The van der Waals surface area contributed by atoms with Gasteiger partial charge in [0.25, 0.3) is 0 Å². The summed E-state index contributed by atoms with van der Waals surface area (Å²) in [4.78, 5) is 0. The summed E-state index contributed by atoms with van der Waals surface area (Å²) in [6, 6.07) is 7.74. The van der Waals surface area contributed by atoms with E-state index in [0.29, 0.717) is 5.56 Å². The molecule has 0 bridgehead atoms. The fourth-order valence-electron chi connectivity index (χ4n) is 2.91. The maximum absolute atomic E-state index is 14.1. The van der Waals surface area contributed by atoms with Gasteiger partial charge in [0.2, 0.25) is 0 Å². The van der Waals surface area contributed by atoms with Crippen molar-refractivity contribution in [3.05, 3.63) is 58.7 Å². The van der Waals surface area contributed by atoms with E-state index in [9.17, 15) is 13.9 Å². The van der Waals surface area contributed by atoms with Gasteiger partial charge in [0, 0.05) is 0 Å². The molecule has 0 radical (unpaired) electrons. The Morgan fingerprint density at radius 2 is 2.00 bits per heavy atom. The molecule has 1 atom stereocenters. The molecular formula is C17H17F2NO. The predicted molar refractivity (Wildman–Crippen MR) is 78.5 cm³/mol. The first kappa shape index (κ1) is 13.9. The zero-order valence-corrected chi connectivity index (χ0v) is 11.8. The Morgan fingerprint density at radius 1 is 1.19 bits per heavy atom. The van der Waals surface area contributed by atoms with E-state index in [1.54, 1.807) is 19.1 Å². The number of aromatic hydroxyl groups is 1. The first-order chi connectivity index (χ1) is 10.1. The van der Waals surface area contributed by atoms with Crippen LogP contribution in [0.4, 0.5) is 14.5 Å². The molecule has 0 heterocycles. The molecular weight excluding hydrogens is 272 g/mol. The average Bonchev–Trinajstić information content (AvgIpc) is 2.47. The van der Waals surface area contributed by atoms with Crippen LogP contribution in [0.5, 0.6) is 5.75 Å². The summed E-state index contributed by atoms with van der Waals surface area (Å²) < 4.78 is 28.0. The number of phenolic OH excluding ortho intramolecular Hbond substituents is 1. The summed E-state index contributed by atoms with van der Waals surface area (Å²) in [5.74, 6) is -0.896. The highest BCUT2D eigenvalue weighted by atomic mass is 19.1. The van der Waals surface area contributed by atoms with Crippen LogP contribution < -0.4 is 5.32 Å². The number of phenols is 1. The summed E-state index contributed by atoms with van der Waals surface area (Å²) >= 11 is 0. The standard InChI is InChI=1S/C17H17F2NO/c1-10-5-8-14(18)17(16(10)19)20-15-4-2-3-11-9-12(21)6-7-13(11)15/h5-9,15,20-21H,2-4H2,1H3. The van der Waals surface area contributed by atoms with E-state index in [4.69, 9.17) is 0 Å². The maximum atomic E-state index is 14.1. The van der Waals surface area contributed by atoms with Gasteiger partial charge in [-0.25, -0.2) is 8.78 Å². The SMILES string of the molecule is Cc1ccc(F)c(NC2CCCc3cc(O)ccc32)c1F. The molecule has 0 fully saturated rings. The minimum Gasteiger partial charge on any atom is -0.508 e. The van der Waals surface area contributed by atoms with Gasteiger partial charge >= 0.3 is 0 Å². The van der Waals surface area contributed by atoms with Crippen LogP contribution in [0.1, 0.15) is 35.6 Å². The highest BCUT2D eigenvalue weighted by Crippen LogP contribution is 2.35. The predicted octanol–water partition coefficient (Wildman–Crippen LogP) is 4.47. The quantitative estimate of drug-likeness (QED) is 0.855. The molecule has 2 N–H and O–H groups in total. The molecule has 2 nitrogen and oxygen atoms in total. The number of hydrogen-bond donors (Lipinski definition) is 2. The number of fused-ring (bicyclic) bond motifs is 1. The highest BCUT2D eigenvalue weighted by molar-refractivity contribution is 5.52. The monoisotopic (exact) mass is 289 g/mol. The summed E-state index contributed by atoms with van der Waals surface area (Å²) in [5.41, 5.74) is 2.38. The third kappa shape index (κ3) is 2.58. The van der Waals surface area contributed by atoms with Crippen LogP contribution in [0.25, 0.3) is 0 Å². The molecule has 0 saturated heterocycles. The molecule has 1 aliphatic carbocycles. The molecule has 0 aromatic heterocycles. The normalized spacial score (nSPS) is 17.4. The largest absolute Gasteiger partial charge is 0.508 e. The van der Waals surface area contributed by atoms with Crippen molar-refractivity contribution in [1.82, 2.24) is 0 Å². The van der Waals surface area contributed by atoms with Crippen molar-refractivity contribution in [2.75, 3.05) is 5.32 Å². The molecule has 4 heteroatoms. The van der Waals surface area contributed by atoms with Crippen molar-refractivity contribution < 1.29 is 13.9 Å². The van der Waals surface area contributed by atoms with Crippen LogP contribution in [-0.2, 0) is 6.42 Å². The number of nitrogens with one attached hydrogen (secondary N) is 1. The Kier molecular flexibility index (Phi) is 3.53. The topological polar surface area (TPSA) is 32.3 Å². The average molecular weight is 289 g/mol. The number of aryl methyl sites for hydroxylation is 2. The maximum Gasteiger partial charge on any atom is 0.152 e. The molecule has 1 aliphatic rings. The Bertz CT molecular complexity index is 685. The van der Waals surface area contributed by atoms with E-state index in [0.717, 1.165) is 30.4 Å². The fraction of sp³-hybridized carbons (Fsp3) is 0.294. The lowest BCUT2D eigenvalue weighted by Crippen LogP contribution is -2.18. The van der Waals surface area contributed by atoms with Crippen LogP contribution >= 0.6 is 0 Å². The van der Waals surface area contributed by atoms with Crippen molar-refractivity contribution in [3.8, 4) is 5.75 Å². The van der Waals surface area contributed by atoms with Crippen molar-refractivity contribution in [2.45, 2.75) is 32.2 Å². The van der Waals surface area contributed by atoms with E-state index >= 15 is 0 Å². The number of hydrogen-bond acceptors (Lipinski definition) is 2. The van der Waals surface area contributed by atoms with Gasteiger partial charge in [-0.15, -0.1) is 0 Å². The highest BCUT2D eigenvalue weighted by Gasteiger charge is 2.23. The summed E-state index contributed by atoms with van der Waals surface area (Å²) in [6.45, 7) is 1.62. The minimum atomic E-state index is -0.580. The third-order valence-corrected chi connectivity index (χ3v) is 4.04. The molecule has 110 valence electrons. The third-order valence-electron chi connectivity index (χ3n) is 4.04. The molecule has 2 aromatic carbocycles. The molecule has 0 spiro atoms. The fourth-order valence-corrected chi connectivity index (χ4v) is 2.91. The molecule has 3 rings (SSSR count). The first-order valence-corrected chi connectivity index (χ1v) is 7.09. The summed E-state index contributed by atoms with van der Waals surface area (Å²) in [5, 5.41) is 12.6. The first-order valence-electron chi connectivity index (χ1n) is 7.09. The van der Waals surface area contributed by atoms with Crippen molar-refractivity contribution >= 4 is 5.69 Å². The van der Waals surface area contributed by atoms with E-state index < -0.39 is 11.6 Å². The number of rotatable bonds is 2. The lowest BCUT2D eigenvalue weighted by Gasteiger charge is -2.28. The van der Waals surface area contributed by atoms with Gasteiger partial charge < -0.3 is 10.4 Å². The van der Waals surface area contributed by atoms with Gasteiger partial charge in [0.05, 0.1) is 6.04 Å². The lowest BCUT2D eigenvalue weighted by molar-refractivity contribution is 0.472. The van der Waals surface area contributed by atoms with Crippen molar-refractivity contribution in [2.24, 2.45) is 0 Å². The van der Waals surface area contributed by atoms with Crippen LogP contribution in [0.3, 0.4) is 0 Å². The van der Waals surface area contributed by atoms with Gasteiger partial charge in [-0.3, -0.25) is 0 Å². The number of anilines is 1. The van der Waals surface area contributed by atoms with E-state index in [-0.39, 0.29) is 17.5 Å². The number of halogens is 2. The van der Waals surface area contributed by atoms with Crippen molar-refractivity contribution in [1.29, 1.82) is 0 Å². The van der Waals surface area contributed by atoms with Gasteiger partial charge in [0.1, 0.15) is 17.3 Å². The Labute approximate surface area is 122 Å². The summed E-state index contributed by atoms with van der Waals surface area (Å²) in [7, 11) is 0. The zero-order chi connectivity index (χ0) is 15.0. The summed E-state index contributed by atoms with van der Waals surface area (Å²) in [6.07, 6.45) is 2.61. The van der Waals surface area contributed by atoms with Gasteiger partial charge in [-0.1, -0.05) is 12.1 Å². The molecule has 1 unspecified atom stereocenters. The van der Waals surface area contributed by atoms with Crippen LogP contribution in [0, 0.1) is 18.6 Å².